The standard InChI is InChI=1S/C3H6O.C2H2Cl2O/c1-3(2)4;3-1-2(4)5/h1-2H3;1H2. The molecule has 9 heavy (non-hydrogen) atoms. The van der Waals surface area contributed by atoms with Crippen molar-refractivity contribution >= 4 is 34.2 Å². The van der Waals surface area contributed by atoms with Crippen molar-refractivity contribution in [3.05, 3.63) is 0 Å². The molecule has 0 aromatic heterocycles. The molecule has 0 aliphatic heterocycles. The van der Waals surface area contributed by atoms with Gasteiger partial charge in [-0.25, -0.2) is 0 Å². The number of hydrogen-bond donors (Lipinski definition) is 0. The molecule has 4 heteroatoms. The highest BCUT2D eigenvalue weighted by Crippen LogP contribution is 1.80. The van der Waals surface area contributed by atoms with Gasteiger partial charge in [0.25, 0.3) is 0 Å². The molecule has 0 unspecified atom stereocenters. The zero-order valence-corrected chi connectivity index (χ0v) is 6.79. The Hall–Kier alpha value is -0.0800. The minimum absolute atomic E-state index is 0.0957. The van der Waals surface area contributed by atoms with Crippen molar-refractivity contribution in [1.29, 1.82) is 0 Å². The van der Waals surface area contributed by atoms with E-state index in [0.717, 1.165) is 0 Å². The molecule has 0 heterocycles. The molecule has 0 fully saturated rings. The summed E-state index contributed by atoms with van der Waals surface area (Å²) in [5.74, 6) is 0.0710. The molecule has 0 aromatic carbocycles. The van der Waals surface area contributed by atoms with E-state index in [1.807, 2.05) is 0 Å². The van der Waals surface area contributed by atoms with Crippen LogP contribution in [-0.4, -0.2) is 16.9 Å². The Morgan fingerprint density at radius 2 is 1.44 bits per heavy atom. The van der Waals surface area contributed by atoms with E-state index in [-0.39, 0.29) is 11.7 Å². The average molecular weight is 171 g/mol. The van der Waals surface area contributed by atoms with Crippen LogP contribution in [0.4, 0.5) is 0 Å². The fraction of sp³-hybridized carbons (Fsp3) is 0.600. The Balaban J connectivity index is 0. The first-order valence-corrected chi connectivity index (χ1v) is 3.13. The first-order chi connectivity index (χ1) is 4.00. The summed E-state index contributed by atoms with van der Waals surface area (Å²) in [5, 5.41) is -0.508. The summed E-state index contributed by atoms with van der Waals surface area (Å²) >= 11 is 9.55. The van der Waals surface area contributed by atoms with Gasteiger partial charge in [-0.3, -0.25) is 4.79 Å². The highest BCUT2D eigenvalue weighted by molar-refractivity contribution is 6.67. The molecule has 0 spiro atoms. The lowest BCUT2D eigenvalue weighted by atomic mass is 10.6. The van der Waals surface area contributed by atoms with Gasteiger partial charge in [0.1, 0.15) is 5.78 Å². The summed E-state index contributed by atoms with van der Waals surface area (Å²) in [6, 6.07) is 0. The largest absolute Gasteiger partial charge is 0.300 e. The van der Waals surface area contributed by atoms with Crippen LogP contribution in [0.15, 0.2) is 0 Å². The fourth-order valence-electron chi connectivity index (χ4n) is 0. The second-order valence-electron chi connectivity index (χ2n) is 1.40. The number of hydrogen-bond acceptors (Lipinski definition) is 2. The summed E-state index contributed by atoms with van der Waals surface area (Å²) < 4.78 is 0. The van der Waals surface area contributed by atoms with Crippen LogP contribution < -0.4 is 0 Å². The topological polar surface area (TPSA) is 34.1 Å². The minimum Gasteiger partial charge on any atom is -0.300 e. The second-order valence-corrected chi connectivity index (χ2v) is 2.09. The second kappa shape index (κ2) is 7.92. The summed E-state index contributed by atoms with van der Waals surface area (Å²) in [4.78, 5) is 18.9. The van der Waals surface area contributed by atoms with Crippen molar-refractivity contribution in [2.24, 2.45) is 0 Å². The molecule has 0 rings (SSSR count). The van der Waals surface area contributed by atoms with Crippen molar-refractivity contribution in [2.75, 3.05) is 5.88 Å². The number of carbonyl (C=O) groups is 2. The van der Waals surface area contributed by atoms with Crippen molar-refractivity contribution in [2.45, 2.75) is 13.8 Å². The van der Waals surface area contributed by atoms with Gasteiger partial charge in [-0.15, -0.1) is 11.6 Å². The van der Waals surface area contributed by atoms with Gasteiger partial charge < -0.3 is 4.79 Å². The van der Waals surface area contributed by atoms with Gasteiger partial charge in [0.15, 0.2) is 0 Å². The van der Waals surface area contributed by atoms with E-state index in [2.05, 4.69) is 0 Å². The predicted molar refractivity (Wildman–Crippen MR) is 37.9 cm³/mol. The zero-order valence-electron chi connectivity index (χ0n) is 5.28. The summed E-state index contributed by atoms with van der Waals surface area (Å²) in [6.45, 7) is 3.06. The minimum atomic E-state index is -0.508. The van der Waals surface area contributed by atoms with Crippen molar-refractivity contribution in [3.63, 3.8) is 0 Å². The van der Waals surface area contributed by atoms with Gasteiger partial charge >= 0.3 is 0 Å². The lowest BCUT2D eigenvalue weighted by Gasteiger charge is -1.65. The first-order valence-electron chi connectivity index (χ1n) is 2.22. The van der Waals surface area contributed by atoms with E-state index < -0.39 is 5.24 Å². The smallest absolute Gasteiger partial charge is 0.236 e. The Morgan fingerprint density at radius 1 is 1.33 bits per heavy atom. The normalized spacial score (nSPS) is 7.11. The number of Topliss-reactive ketones (excluding diaryl/α,β-unsaturated/α-hetero) is 1. The molecule has 0 aromatic rings. The number of alkyl halides is 1. The number of halogens is 2. The Bertz CT molecular complexity index is 97.1. The number of ketones is 1. The Morgan fingerprint density at radius 3 is 1.44 bits per heavy atom. The molecular formula is C5H8Cl2O2. The van der Waals surface area contributed by atoms with Crippen LogP contribution in [0.5, 0.6) is 0 Å². The van der Waals surface area contributed by atoms with Gasteiger partial charge in [-0.1, -0.05) is 0 Å². The van der Waals surface area contributed by atoms with Crippen molar-refractivity contribution in [3.8, 4) is 0 Å². The highest BCUT2D eigenvalue weighted by atomic mass is 35.5. The zero-order chi connectivity index (χ0) is 7.86. The molecule has 0 aliphatic carbocycles. The molecule has 0 saturated carbocycles. The lowest BCUT2D eigenvalue weighted by molar-refractivity contribution is -0.115. The molecule has 0 amide bonds. The maximum absolute atomic E-state index is 9.45. The Kier molecular flexibility index (Phi) is 10.3. The van der Waals surface area contributed by atoms with Crippen LogP contribution in [0, 0.1) is 0 Å². The molecular weight excluding hydrogens is 163 g/mol. The molecule has 0 saturated heterocycles. The van der Waals surface area contributed by atoms with E-state index in [1.165, 1.54) is 13.8 Å². The third kappa shape index (κ3) is 75.3. The summed E-state index contributed by atoms with van der Waals surface area (Å²) in [6.07, 6.45) is 0. The van der Waals surface area contributed by atoms with E-state index in [0.29, 0.717) is 0 Å². The lowest BCUT2D eigenvalue weighted by Crippen LogP contribution is -1.81. The van der Waals surface area contributed by atoms with Gasteiger partial charge in [-0.05, 0) is 25.4 Å². The molecule has 2 nitrogen and oxygen atoms in total. The van der Waals surface area contributed by atoms with Crippen LogP contribution in [0.2, 0.25) is 0 Å². The number of rotatable bonds is 1. The third-order valence-corrected chi connectivity index (χ3v) is 0.618. The molecule has 0 N–H and O–H groups in total. The third-order valence-electron chi connectivity index (χ3n) is 0.105. The highest BCUT2D eigenvalue weighted by Gasteiger charge is 1.83. The van der Waals surface area contributed by atoms with E-state index in [9.17, 15) is 9.59 Å². The van der Waals surface area contributed by atoms with Crippen LogP contribution in [0.1, 0.15) is 13.8 Å². The van der Waals surface area contributed by atoms with E-state index >= 15 is 0 Å². The van der Waals surface area contributed by atoms with Crippen LogP contribution in [-0.2, 0) is 9.59 Å². The molecule has 0 bridgehead atoms. The summed E-state index contributed by atoms with van der Waals surface area (Å²) in [7, 11) is 0. The molecule has 0 atom stereocenters. The maximum Gasteiger partial charge on any atom is 0.236 e. The van der Waals surface area contributed by atoms with Crippen LogP contribution in [0.25, 0.3) is 0 Å². The van der Waals surface area contributed by atoms with Gasteiger partial charge in [-0.2, -0.15) is 0 Å². The van der Waals surface area contributed by atoms with Gasteiger partial charge in [0.2, 0.25) is 5.24 Å². The maximum atomic E-state index is 9.45. The number of carbonyl (C=O) groups excluding carboxylic acids is 2. The molecule has 0 radical (unpaired) electrons. The first kappa shape index (κ1) is 11.7. The fourth-order valence-corrected chi connectivity index (χ4v) is 0. The van der Waals surface area contributed by atoms with Crippen molar-refractivity contribution < 1.29 is 9.59 Å². The van der Waals surface area contributed by atoms with Crippen molar-refractivity contribution in [1.82, 2.24) is 0 Å². The predicted octanol–water partition coefficient (Wildman–Crippen LogP) is 1.59. The Labute approximate surface area is 64.1 Å². The summed E-state index contributed by atoms with van der Waals surface area (Å²) in [5.41, 5.74) is 0. The quantitative estimate of drug-likeness (QED) is 0.443. The SMILES string of the molecule is CC(C)=O.O=C(Cl)CCl. The van der Waals surface area contributed by atoms with E-state index in [4.69, 9.17) is 23.2 Å². The van der Waals surface area contributed by atoms with Gasteiger partial charge in [0, 0.05) is 0 Å². The molecule has 54 valence electrons. The van der Waals surface area contributed by atoms with E-state index in [1.54, 1.807) is 0 Å². The molecule has 0 aliphatic rings. The van der Waals surface area contributed by atoms with Crippen LogP contribution in [0.3, 0.4) is 0 Å². The monoisotopic (exact) mass is 170 g/mol. The van der Waals surface area contributed by atoms with Crippen LogP contribution >= 0.6 is 23.2 Å². The average Bonchev–Trinajstić information content (AvgIpc) is 1.65. The van der Waals surface area contributed by atoms with Gasteiger partial charge in [0.05, 0.1) is 5.88 Å².